The Kier molecular flexibility index (Phi) is 5.00. The van der Waals surface area contributed by atoms with Crippen LogP contribution in [0.2, 0.25) is 0 Å². The molecule has 0 bridgehead atoms. The minimum Gasteiger partial charge on any atom is -0.497 e. The first kappa shape index (κ1) is 18.1. The lowest BCUT2D eigenvalue weighted by Crippen LogP contribution is -2.62. The Labute approximate surface area is 153 Å². The highest BCUT2D eigenvalue weighted by Crippen LogP contribution is 2.54. The second-order valence-electron chi connectivity index (χ2n) is 7.11. The van der Waals surface area contributed by atoms with Crippen molar-refractivity contribution in [3.8, 4) is 5.75 Å². The number of carbonyl (C=O) groups excluding carboxylic acids is 2. The van der Waals surface area contributed by atoms with E-state index in [1.165, 1.54) is 0 Å². The van der Waals surface area contributed by atoms with E-state index in [0.29, 0.717) is 0 Å². The number of thioether (sulfide) groups is 1. The van der Waals surface area contributed by atoms with Crippen LogP contribution in [0.4, 0.5) is 0 Å². The van der Waals surface area contributed by atoms with Crippen LogP contribution in [-0.4, -0.2) is 40.0 Å². The molecule has 2 aliphatic rings. The van der Waals surface area contributed by atoms with Crippen LogP contribution in [0.15, 0.2) is 24.3 Å². The van der Waals surface area contributed by atoms with Gasteiger partial charge in [-0.25, -0.2) is 4.79 Å². The maximum atomic E-state index is 12.7. The summed E-state index contributed by atoms with van der Waals surface area (Å²) in [7, 11) is 1.61. The summed E-state index contributed by atoms with van der Waals surface area (Å²) in [4.78, 5) is 26.9. The predicted molar refractivity (Wildman–Crippen MR) is 97.3 cm³/mol. The van der Waals surface area contributed by atoms with Crippen molar-refractivity contribution in [2.24, 2.45) is 5.92 Å². The number of methoxy groups -OCH3 is 1. The lowest BCUT2D eigenvalue weighted by molar-refractivity contribution is -0.167. The summed E-state index contributed by atoms with van der Waals surface area (Å²) in [6, 6.07) is 6.90. The number of esters is 1. The van der Waals surface area contributed by atoms with Crippen molar-refractivity contribution in [1.82, 2.24) is 4.90 Å². The normalized spacial score (nSPS) is 26.8. The third-order valence-electron chi connectivity index (χ3n) is 4.91. The lowest BCUT2D eigenvalue weighted by Gasteiger charge is -2.44. The molecule has 25 heavy (non-hydrogen) atoms. The number of nitrogens with zero attached hydrogens (tertiary/aromatic N) is 1. The summed E-state index contributed by atoms with van der Waals surface area (Å²) < 4.78 is 10.3. The number of fused-ring (bicyclic) bond motifs is 1. The molecule has 1 aromatic carbocycles. The van der Waals surface area contributed by atoms with Gasteiger partial charge in [0.15, 0.2) is 0 Å². The topological polar surface area (TPSA) is 55.8 Å². The van der Waals surface area contributed by atoms with Gasteiger partial charge in [-0.2, -0.15) is 0 Å². The maximum absolute atomic E-state index is 12.7. The van der Waals surface area contributed by atoms with E-state index < -0.39 is 6.04 Å². The van der Waals surface area contributed by atoms with Crippen LogP contribution in [0.25, 0.3) is 0 Å². The third kappa shape index (κ3) is 3.24. The van der Waals surface area contributed by atoms with Gasteiger partial charge in [0.1, 0.15) is 18.4 Å². The molecule has 0 unspecified atom stereocenters. The molecule has 0 spiro atoms. The van der Waals surface area contributed by atoms with Gasteiger partial charge in [0.25, 0.3) is 0 Å². The van der Waals surface area contributed by atoms with Gasteiger partial charge in [0.2, 0.25) is 5.91 Å². The van der Waals surface area contributed by atoms with Crippen molar-refractivity contribution in [3.63, 3.8) is 0 Å². The highest BCUT2D eigenvalue weighted by molar-refractivity contribution is 8.01. The molecular weight excluding hydrogens is 338 g/mol. The van der Waals surface area contributed by atoms with E-state index in [0.717, 1.165) is 24.2 Å². The summed E-state index contributed by atoms with van der Waals surface area (Å²) in [6.07, 6.45) is 1.87. The molecule has 6 heteroatoms. The van der Waals surface area contributed by atoms with Crippen LogP contribution in [0.1, 0.15) is 39.2 Å². The Morgan fingerprint density at radius 3 is 2.56 bits per heavy atom. The fourth-order valence-electron chi connectivity index (χ4n) is 3.60. The van der Waals surface area contributed by atoms with Gasteiger partial charge in [-0.05, 0) is 38.0 Å². The molecule has 2 fully saturated rings. The number of β-lactam (4-membered cyclic amide) rings is 1. The van der Waals surface area contributed by atoms with Crippen LogP contribution < -0.4 is 4.74 Å². The van der Waals surface area contributed by atoms with Gasteiger partial charge < -0.3 is 14.4 Å². The molecule has 1 aromatic rings. The Bertz CT molecular complexity index is 658. The monoisotopic (exact) mass is 363 g/mol. The molecule has 2 aliphatic heterocycles. The highest BCUT2D eigenvalue weighted by atomic mass is 32.2. The van der Waals surface area contributed by atoms with Crippen LogP contribution >= 0.6 is 11.8 Å². The lowest BCUT2D eigenvalue weighted by atomic mass is 9.89. The average molecular weight is 363 g/mol. The number of hydrogen-bond acceptors (Lipinski definition) is 5. The zero-order valence-electron chi connectivity index (χ0n) is 15.2. The molecule has 3 rings (SSSR count). The van der Waals surface area contributed by atoms with E-state index in [-0.39, 0.29) is 34.5 Å². The molecule has 5 nitrogen and oxygen atoms in total. The third-order valence-corrected chi connectivity index (χ3v) is 6.54. The number of rotatable bonds is 6. The molecule has 2 heterocycles. The van der Waals surface area contributed by atoms with E-state index >= 15 is 0 Å². The van der Waals surface area contributed by atoms with Crippen molar-refractivity contribution in [3.05, 3.63) is 29.8 Å². The molecule has 1 amide bonds. The van der Waals surface area contributed by atoms with E-state index in [1.807, 2.05) is 38.1 Å². The summed E-state index contributed by atoms with van der Waals surface area (Å²) >= 11 is 1.72. The van der Waals surface area contributed by atoms with E-state index in [4.69, 9.17) is 9.47 Å². The molecule has 0 saturated carbocycles. The number of ether oxygens (including phenoxy) is 2. The molecule has 3 atom stereocenters. The van der Waals surface area contributed by atoms with Crippen molar-refractivity contribution in [1.29, 1.82) is 0 Å². The number of carbonyl (C=O) groups is 2. The van der Waals surface area contributed by atoms with Crippen molar-refractivity contribution < 1.29 is 19.1 Å². The highest BCUT2D eigenvalue weighted by Gasteiger charge is 2.63. The zero-order valence-corrected chi connectivity index (χ0v) is 16.0. The van der Waals surface area contributed by atoms with Gasteiger partial charge in [-0.3, -0.25) is 4.79 Å². The zero-order chi connectivity index (χ0) is 18.2. The first-order valence-electron chi connectivity index (χ1n) is 8.68. The summed E-state index contributed by atoms with van der Waals surface area (Å²) in [5.74, 6) is 0.587. The summed E-state index contributed by atoms with van der Waals surface area (Å²) in [6.45, 7) is 6.32. The molecule has 0 N–H and O–H groups in total. The average Bonchev–Trinajstić information content (AvgIpc) is 2.86. The molecule has 0 aromatic heterocycles. The molecular formula is C19H25NO4S. The first-order valence-corrected chi connectivity index (χ1v) is 9.56. The van der Waals surface area contributed by atoms with Crippen LogP contribution in [0.5, 0.6) is 5.75 Å². The van der Waals surface area contributed by atoms with Crippen molar-refractivity contribution in [2.75, 3.05) is 7.11 Å². The second kappa shape index (κ2) is 6.90. The maximum Gasteiger partial charge on any atom is 0.330 e. The first-order chi connectivity index (χ1) is 11.9. The minimum atomic E-state index is -0.513. The smallest absolute Gasteiger partial charge is 0.330 e. The van der Waals surface area contributed by atoms with Crippen molar-refractivity contribution in [2.45, 2.75) is 56.4 Å². The number of hydrogen-bond donors (Lipinski definition) is 0. The van der Waals surface area contributed by atoms with Crippen molar-refractivity contribution >= 4 is 23.6 Å². The van der Waals surface area contributed by atoms with Gasteiger partial charge in [0, 0.05) is 4.75 Å². The fourth-order valence-corrected chi connectivity index (χ4v) is 5.32. The largest absolute Gasteiger partial charge is 0.497 e. The fraction of sp³-hybridized carbons (Fsp3) is 0.579. The molecule has 136 valence electrons. The predicted octanol–water partition coefficient (Wildman–Crippen LogP) is 3.22. The quantitative estimate of drug-likeness (QED) is 0.574. The van der Waals surface area contributed by atoms with Gasteiger partial charge >= 0.3 is 5.97 Å². The van der Waals surface area contributed by atoms with Gasteiger partial charge in [-0.1, -0.05) is 25.5 Å². The Morgan fingerprint density at radius 1 is 1.28 bits per heavy atom. The number of amides is 1. The number of benzene rings is 1. The SMILES string of the molecule is CCC[C@@H]1C(=O)N2[C@@H]1SC(C)(C)[C@@H]2C(=O)OCc1ccc(OC)cc1. The molecule has 2 saturated heterocycles. The van der Waals surface area contributed by atoms with Crippen LogP contribution in [0.3, 0.4) is 0 Å². The molecule has 0 radical (unpaired) electrons. The van der Waals surface area contributed by atoms with E-state index in [2.05, 4.69) is 6.92 Å². The minimum absolute atomic E-state index is 0.0497. The molecule has 0 aliphatic carbocycles. The van der Waals surface area contributed by atoms with Gasteiger partial charge in [-0.15, -0.1) is 11.8 Å². The Hall–Kier alpha value is -1.69. The van der Waals surface area contributed by atoms with E-state index in [1.54, 1.807) is 23.8 Å². The van der Waals surface area contributed by atoms with Crippen LogP contribution in [-0.2, 0) is 20.9 Å². The standard InChI is InChI=1S/C19H25NO4S/c1-5-6-14-16(21)20-15(19(2,3)25-17(14)20)18(22)24-11-12-7-9-13(23-4)10-8-12/h7-10,14-15,17H,5-6,11H2,1-4H3/t14-,15+,17-/m1/s1. The van der Waals surface area contributed by atoms with Gasteiger partial charge in [0.05, 0.1) is 18.4 Å². The Balaban J connectivity index is 1.65. The van der Waals surface area contributed by atoms with Crippen LogP contribution in [0, 0.1) is 5.92 Å². The van der Waals surface area contributed by atoms with E-state index in [9.17, 15) is 9.59 Å². The summed E-state index contributed by atoms with van der Waals surface area (Å²) in [5.41, 5.74) is 0.896. The summed E-state index contributed by atoms with van der Waals surface area (Å²) in [5, 5.41) is 0.112. The Morgan fingerprint density at radius 2 is 1.96 bits per heavy atom. The second-order valence-corrected chi connectivity index (χ2v) is 8.88.